The van der Waals surface area contributed by atoms with Gasteiger partial charge < -0.3 is 0 Å². The van der Waals surface area contributed by atoms with Crippen LogP contribution >= 0.6 is 43.6 Å². The first-order valence-electron chi connectivity index (χ1n) is 3.03. The van der Waals surface area contributed by atoms with Crippen molar-refractivity contribution in [3.63, 3.8) is 0 Å². The summed E-state index contributed by atoms with van der Waals surface area (Å²) in [7, 11) is 0. The van der Waals surface area contributed by atoms with Crippen LogP contribution in [0.5, 0.6) is 0 Å². The Morgan fingerprint density at radius 2 is 2.00 bits per heavy atom. The number of hydrogen-bond donors (Lipinski definition) is 0. The third kappa shape index (κ3) is 1.87. The first-order valence-corrected chi connectivity index (χ1v) is 6.42. The first kappa shape index (κ1) is 8.41. The topological polar surface area (TPSA) is 0 Å². The highest BCUT2D eigenvalue weighted by molar-refractivity contribution is 9.09. The molecule has 9 heavy (non-hydrogen) atoms. The maximum absolute atomic E-state index is 3.55. The number of hydrogen-bond acceptors (Lipinski definition) is 1. The Morgan fingerprint density at radius 3 is 2.22 bits per heavy atom. The van der Waals surface area contributed by atoms with Crippen molar-refractivity contribution >= 4 is 43.6 Å². The van der Waals surface area contributed by atoms with E-state index in [1.807, 2.05) is 0 Å². The summed E-state index contributed by atoms with van der Waals surface area (Å²) >= 11 is 9.17. The Morgan fingerprint density at radius 1 is 1.33 bits per heavy atom. The summed E-state index contributed by atoms with van der Waals surface area (Å²) in [4.78, 5) is 0. The van der Waals surface area contributed by atoms with E-state index in [1.54, 1.807) is 0 Å². The predicted molar refractivity (Wildman–Crippen MR) is 52.0 cm³/mol. The van der Waals surface area contributed by atoms with E-state index < -0.39 is 0 Å². The Kier molecular flexibility index (Phi) is 3.39. The third-order valence-electron chi connectivity index (χ3n) is 1.75. The van der Waals surface area contributed by atoms with Crippen LogP contribution in [0.25, 0.3) is 0 Å². The van der Waals surface area contributed by atoms with Gasteiger partial charge in [-0.25, -0.2) is 0 Å². The highest BCUT2D eigenvalue weighted by Crippen LogP contribution is 2.38. The Labute approximate surface area is 77.4 Å². The molecule has 0 aromatic carbocycles. The lowest BCUT2D eigenvalue weighted by Crippen LogP contribution is -2.23. The van der Waals surface area contributed by atoms with Crippen molar-refractivity contribution < 1.29 is 0 Å². The highest BCUT2D eigenvalue weighted by atomic mass is 79.9. The van der Waals surface area contributed by atoms with Gasteiger partial charge in [0.05, 0.1) is 0 Å². The fourth-order valence-electron chi connectivity index (χ4n) is 0.896. The lowest BCUT2D eigenvalue weighted by atomic mass is 9.93. The smallest absolute Gasteiger partial charge is 0.0104 e. The molecule has 1 saturated heterocycles. The van der Waals surface area contributed by atoms with Crippen molar-refractivity contribution in [3.8, 4) is 0 Å². The molecule has 1 rings (SSSR count). The summed E-state index contributed by atoms with van der Waals surface area (Å²) in [6.07, 6.45) is 1.37. The monoisotopic (exact) mass is 272 g/mol. The average molecular weight is 274 g/mol. The first-order chi connectivity index (χ1) is 4.33. The van der Waals surface area contributed by atoms with Crippen LogP contribution in [0, 0.1) is 5.41 Å². The molecule has 0 unspecified atom stereocenters. The van der Waals surface area contributed by atoms with Crippen molar-refractivity contribution in [1.82, 2.24) is 0 Å². The maximum atomic E-state index is 3.55. The zero-order valence-corrected chi connectivity index (χ0v) is 9.19. The number of rotatable bonds is 2. The van der Waals surface area contributed by atoms with Crippen LogP contribution in [-0.2, 0) is 0 Å². The molecule has 3 heteroatoms. The molecule has 0 amide bonds. The molecular formula is C6H10Br2S. The van der Waals surface area contributed by atoms with Crippen LogP contribution in [0.2, 0.25) is 0 Å². The predicted octanol–water partition coefficient (Wildman–Crippen LogP) is 2.90. The molecule has 0 spiro atoms. The minimum atomic E-state index is 0.574. The van der Waals surface area contributed by atoms with Gasteiger partial charge in [0.1, 0.15) is 0 Å². The van der Waals surface area contributed by atoms with E-state index in [9.17, 15) is 0 Å². The van der Waals surface area contributed by atoms with E-state index in [0.29, 0.717) is 5.41 Å². The van der Waals surface area contributed by atoms with Crippen LogP contribution in [0.4, 0.5) is 0 Å². The van der Waals surface area contributed by atoms with Gasteiger partial charge in [-0.3, -0.25) is 0 Å². The van der Waals surface area contributed by atoms with Gasteiger partial charge in [-0.2, -0.15) is 11.8 Å². The van der Waals surface area contributed by atoms with E-state index >= 15 is 0 Å². The van der Waals surface area contributed by atoms with Crippen molar-refractivity contribution in [3.05, 3.63) is 0 Å². The summed E-state index contributed by atoms with van der Waals surface area (Å²) in [5.74, 6) is 2.67. The van der Waals surface area contributed by atoms with Crippen LogP contribution in [0.1, 0.15) is 6.42 Å². The second kappa shape index (κ2) is 3.63. The molecule has 0 saturated carbocycles. The van der Waals surface area contributed by atoms with E-state index in [0.717, 1.165) is 10.7 Å². The second-order valence-corrected chi connectivity index (χ2v) is 4.80. The molecule has 0 aromatic rings. The van der Waals surface area contributed by atoms with Gasteiger partial charge in [-0.1, -0.05) is 31.9 Å². The molecule has 1 aliphatic rings. The Bertz CT molecular complexity index is 83.1. The van der Waals surface area contributed by atoms with Crippen molar-refractivity contribution in [2.45, 2.75) is 6.42 Å². The van der Waals surface area contributed by atoms with Crippen LogP contribution < -0.4 is 0 Å². The van der Waals surface area contributed by atoms with Crippen LogP contribution in [0.15, 0.2) is 0 Å². The van der Waals surface area contributed by atoms with Gasteiger partial charge >= 0.3 is 0 Å². The lowest BCUT2D eigenvalue weighted by Gasteiger charge is -2.21. The summed E-state index contributed by atoms with van der Waals surface area (Å²) in [5, 5.41) is 2.30. The highest BCUT2D eigenvalue weighted by Gasteiger charge is 2.31. The molecule has 1 aliphatic heterocycles. The van der Waals surface area contributed by atoms with Gasteiger partial charge in [0, 0.05) is 16.4 Å². The summed E-state index contributed by atoms with van der Waals surface area (Å²) < 4.78 is 0. The van der Waals surface area contributed by atoms with E-state index in [-0.39, 0.29) is 0 Å². The number of alkyl halides is 2. The third-order valence-corrected chi connectivity index (χ3v) is 5.44. The summed E-state index contributed by atoms with van der Waals surface area (Å²) in [5.41, 5.74) is 0.574. The SMILES string of the molecule is BrCC1(CBr)CCSC1. The normalized spacial score (nSPS) is 24.7. The van der Waals surface area contributed by atoms with Crippen molar-refractivity contribution in [1.29, 1.82) is 0 Å². The summed E-state index contributed by atoms with van der Waals surface area (Å²) in [6.45, 7) is 0. The molecular weight excluding hydrogens is 264 g/mol. The molecule has 0 aromatic heterocycles. The van der Waals surface area contributed by atoms with Gasteiger partial charge in [0.15, 0.2) is 0 Å². The minimum Gasteiger partial charge on any atom is -0.161 e. The Hall–Kier alpha value is 1.31. The Balaban J connectivity index is 2.45. The van der Waals surface area contributed by atoms with Gasteiger partial charge in [0.2, 0.25) is 0 Å². The van der Waals surface area contributed by atoms with Gasteiger partial charge in [-0.05, 0) is 17.6 Å². The van der Waals surface area contributed by atoms with Gasteiger partial charge in [0.25, 0.3) is 0 Å². The van der Waals surface area contributed by atoms with E-state index in [1.165, 1.54) is 17.9 Å². The maximum Gasteiger partial charge on any atom is 0.0104 e. The summed E-state index contributed by atoms with van der Waals surface area (Å²) in [6, 6.07) is 0. The molecule has 0 N–H and O–H groups in total. The zero-order chi connectivity index (χ0) is 6.74. The van der Waals surface area contributed by atoms with Crippen LogP contribution in [0.3, 0.4) is 0 Å². The second-order valence-electron chi connectivity index (χ2n) is 2.57. The molecule has 1 fully saturated rings. The molecule has 0 nitrogen and oxygen atoms in total. The van der Waals surface area contributed by atoms with Crippen LogP contribution in [-0.4, -0.2) is 22.2 Å². The largest absolute Gasteiger partial charge is 0.161 e. The van der Waals surface area contributed by atoms with Gasteiger partial charge in [-0.15, -0.1) is 0 Å². The van der Waals surface area contributed by atoms with Crippen molar-refractivity contribution in [2.75, 3.05) is 22.2 Å². The fourth-order valence-corrected chi connectivity index (χ4v) is 4.81. The standard InChI is InChI=1S/C6H10Br2S/c7-3-6(4-8)1-2-9-5-6/h1-5H2. The average Bonchev–Trinajstić information content (AvgIpc) is 2.36. The van der Waals surface area contributed by atoms with E-state index in [2.05, 4.69) is 43.6 Å². The molecule has 0 radical (unpaired) electrons. The minimum absolute atomic E-state index is 0.574. The number of halogens is 2. The zero-order valence-electron chi connectivity index (χ0n) is 5.20. The quantitative estimate of drug-likeness (QED) is 0.698. The molecule has 0 aliphatic carbocycles. The molecule has 0 bridgehead atoms. The lowest BCUT2D eigenvalue weighted by molar-refractivity contribution is 0.457. The molecule has 0 atom stereocenters. The fraction of sp³-hybridized carbons (Fsp3) is 1.00. The number of thioether (sulfide) groups is 1. The molecule has 54 valence electrons. The van der Waals surface area contributed by atoms with E-state index in [4.69, 9.17) is 0 Å². The van der Waals surface area contributed by atoms with Crippen molar-refractivity contribution in [2.24, 2.45) is 5.41 Å². The molecule has 1 heterocycles.